The van der Waals surface area contributed by atoms with Crippen LogP contribution in [0.3, 0.4) is 0 Å². The van der Waals surface area contributed by atoms with Gasteiger partial charge in [-0.25, -0.2) is 0 Å². The molecule has 1 heterocycles. The second-order valence-corrected chi connectivity index (χ2v) is 8.14. The second kappa shape index (κ2) is 7.29. The summed E-state index contributed by atoms with van der Waals surface area (Å²) in [5.74, 6) is 2.43. The Morgan fingerprint density at radius 2 is 1.83 bits per heavy atom. The summed E-state index contributed by atoms with van der Waals surface area (Å²) >= 11 is 0. The molecule has 0 spiro atoms. The lowest BCUT2D eigenvalue weighted by atomic mass is 9.69. The van der Waals surface area contributed by atoms with Crippen LogP contribution in [0.5, 0.6) is 0 Å². The van der Waals surface area contributed by atoms with E-state index in [1.807, 2.05) is 0 Å². The molecule has 1 saturated heterocycles. The summed E-state index contributed by atoms with van der Waals surface area (Å²) in [6.07, 6.45) is 10.2. The van der Waals surface area contributed by atoms with Crippen LogP contribution < -0.4 is 0 Å². The van der Waals surface area contributed by atoms with Crippen LogP contribution in [0, 0.1) is 24.7 Å². The fourth-order valence-corrected chi connectivity index (χ4v) is 5.29. The predicted molar refractivity (Wildman–Crippen MR) is 99.9 cm³/mol. The molecule has 24 heavy (non-hydrogen) atoms. The van der Waals surface area contributed by atoms with Crippen LogP contribution in [-0.2, 0) is 11.2 Å². The summed E-state index contributed by atoms with van der Waals surface area (Å²) in [5, 5.41) is 0. The predicted octanol–water partition coefficient (Wildman–Crippen LogP) is 4.99. The zero-order chi connectivity index (χ0) is 15.8. The van der Waals surface area contributed by atoms with E-state index in [9.17, 15) is 4.79 Å². The highest BCUT2D eigenvalue weighted by molar-refractivity contribution is 5.81. The summed E-state index contributed by atoms with van der Waals surface area (Å²) in [7, 11) is 0. The van der Waals surface area contributed by atoms with Gasteiger partial charge in [0.25, 0.3) is 0 Å². The third-order valence-electron chi connectivity index (χ3n) is 6.59. The van der Waals surface area contributed by atoms with Gasteiger partial charge in [0.15, 0.2) is 0 Å². The smallest absolute Gasteiger partial charge is 0.226 e. The molecule has 2 aliphatic carbocycles. The molecule has 4 unspecified atom stereocenters. The van der Waals surface area contributed by atoms with E-state index >= 15 is 0 Å². The molecule has 2 saturated carbocycles. The van der Waals surface area contributed by atoms with Crippen molar-refractivity contribution in [3.63, 3.8) is 0 Å². The van der Waals surface area contributed by atoms with Crippen LogP contribution >= 0.6 is 0 Å². The standard InChI is InChI=1S/C21H29NO.CH4/c1-15-5-7-17(8-6-15)14-19-11-12-22(21(19)23)20-10-9-16-3-2-4-18(20)13-16;/h5-8,16,18-20H,2-4,9-14H2,1H3;1H4. The van der Waals surface area contributed by atoms with E-state index < -0.39 is 0 Å². The highest BCUT2D eigenvalue weighted by Crippen LogP contribution is 2.43. The van der Waals surface area contributed by atoms with Gasteiger partial charge in [0.2, 0.25) is 5.91 Å². The third kappa shape index (κ3) is 3.38. The van der Waals surface area contributed by atoms with Gasteiger partial charge in [-0.1, -0.05) is 50.1 Å². The number of rotatable bonds is 3. The lowest BCUT2D eigenvalue weighted by Gasteiger charge is -2.44. The minimum atomic E-state index is 0. The number of likely N-dealkylation sites (tertiary alicyclic amines) is 1. The summed E-state index contributed by atoms with van der Waals surface area (Å²) in [6.45, 7) is 3.12. The van der Waals surface area contributed by atoms with Gasteiger partial charge < -0.3 is 4.90 Å². The van der Waals surface area contributed by atoms with E-state index in [4.69, 9.17) is 0 Å². The van der Waals surface area contributed by atoms with Gasteiger partial charge in [0, 0.05) is 18.5 Å². The first kappa shape index (κ1) is 17.5. The van der Waals surface area contributed by atoms with Gasteiger partial charge >= 0.3 is 0 Å². The Kier molecular flexibility index (Phi) is 5.32. The van der Waals surface area contributed by atoms with Crippen molar-refractivity contribution >= 4 is 5.91 Å². The number of fused-ring (bicyclic) bond motifs is 2. The fraction of sp³-hybridized carbons (Fsp3) is 0.682. The Morgan fingerprint density at radius 3 is 2.62 bits per heavy atom. The maximum absolute atomic E-state index is 13.0. The van der Waals surface area contributed by atoms with Crippen LogP contribution in [0.4, 0.5) is 0 Å². The Balaban J connectivity index is 0.00000169. The van der Waals surface area contributed by atoms with E-state index in [0.29, 0.717) is 11.9 Å². The summed E-state index contributed by atoms with van der Waals surface area (Å²) in [6, 6.07) is 9.27. The molecule has 2 nitrogen and oxygen atoms in total. The summed E-state index contributed by atoms with van der Waals surface area (Å²) in [4.78, 5) is 15.2. The van der Waals surface area contributed by atoms with E-state index in [2.05, 4.69) is 36.1 Å². The number of carbonyl (C=O) groups is 1. The van der Waals surface area contributed by atoms with Crippen molar-refractivity contribution < 1.29 is 4.79 Å². The van der Waals surface area contributed by atoms with Gasteiger partial charge in [-0.15, -0.1) is 0 Å². The minimum Gasteiger partial charge on any atom is -0.339 e. The number of benzene rings is 1. The van der Waals surface area contributed by atoms with Crippen LogP contribution in [0.25, 0.3) is 0 Å². The number of amides is 1. The average Bonchev–Trinajstić information content (AvgIpc) is 2.91. The first-order valence-electron chi connectivity index (χ1n) is 9.57. The number of aryl methyl sites for hydroxylation is 1. The van der Waals surface area contributed by atoms with Crippen LogP contribution in [0.1, 0.15) is 63.5 Å². The highest BCUT2D eigenvalue weighted by atomic mass is 16.2. The number of nitrogens with zero attached hydrogens (tertiary/aromatic N) is 1. The largest absolute Gasteiger partial charge is 0.339 e. The van der Waals surface area contributed by atoms with Gasteiger partial charge in [-0.3, -0.25) is 4.79 Å². The normalized spacial score (nSPS) is 32.5. The molecule has 0 N–H and O–H groups in total. The van der Waals surface area contributed by atoms with Crippen LogP contribution in [-0.4, -0.2) is 23.4 Å². The molecule has 3 aliphatic rings. The zero-order valence-corrected chi connectivity index (χ0v) is 14.3. The molecule has 1 aromatic rings. The fourth-order valence-electron chi connectivity index (χ4n) is 5.29. The molecule has 0 radical (unpaired) electrons. The van der Waals surface area contributed by atoms with Crippen molar-refractivity contribution in [1.82, 2.24) is 4.90 Å². The Labute approximate surface area is 147 Å². The number of hydrogen-bond acceptors (Lipinski definition) is 1. The average molecular weight is 328 g/mol. The van der Waals surface area contributed by atoms with E-state index in [1.165, 1.54) is 49.7 Å². The second-order valence-electron chi connectivity index (χ2n) is 8.14. The molecular formula is C22H33NO. The van der Waals surface area contributed by atoms with E-state index in [0.717, 1.165) is 31.2 Å². The number of hydrogen-bond donors (Lipinski definition) is 0. The van der Waals surface area contributed by atoms with Crippen molar-refractivity contribution in [1.29, 1.82) is 0 Å². The van der Waals surface area contributed by atoms with Crippen LogP contribution in [0.15, 0.2) is 24.3 Å². The molecule has 2 heteroatoms. The monoisotopic (exact) mass is 327 g/mol. The van der Waals surface area contributed by atoms with Gasteiger partial charge in [-0.05, 0) is 62.8 Å². The molecule has 132 valence electrons. The van der Waals surface area contributed by atoms with Crippen molar-refractivity contribution in [2.45, 2.75) is 71.8 Å². The Hall–Kier alpha value is -1.31. The lowest BCUT2D eigenvalue weighted by molar-refractivity contribution is -0.135. The van der Waals surface area contributed by atoms with Crippen molar-refractivity contribution in [2.75, 3.05) is 6.54 Å². The summed E-state index contributed by atoms with van der Waals surface area (Å²) in [5.41, 5.74) is 2.61. The molecule has 4 rings (SSSR count). The maximum Gasteiger partial charge on any atom is 0.226 e. The Bertz CT molecular complexity index is 564. The molecule has 2 bridgehead atoms. The van der Waals surface area contributed by atoms with Gasteiger partial charge in [0.1, 0.15) is 0 Å². The summed E-state index contributed by atoms with van der Waals surface area (Å²) < 4.78 is 0. The third-order valence-corrected chi connectivity index (χ3v) is 6.59. The topological polar surface area (TPSA) is 20.3 Å². The van der Waals surface area contributed by atoms with Crippen LogP contribution in [0.2, 0.25) is 0 Å². The first-order valence-corrected chi connectivity index (χ1v) is 9.57. The quantitative estimate of drug-likeness (QED) is 0.766. The highest BCUT2D eigenvalue weighted by Gasteiger charge is 2.42. The molecule has 1 aromatic carbocycles. The lowest BCUT2D eigenvalue weighted by Crippen LogP contribution is -2.46. The molecule has 3 fully saturated rings. The molecule has 4 atom stereocenters. The van der Waals surface area contributed by atoms with Crippen molar-refractivity contribution in [3.8, 4) is 0 Å². The minimum absolute atomic E-state index is 0. The molecule has 1 amide bonds. The van der Waals surface area contributed by atoms with Gasteiger partial charge in [0.05, 0.1) is 0 Å². The Morgan fingerprint density at radius 1 is 1.04 bits per heavy atom. The molecule has 0 aromatic heterocycles. The van der Waals surface area contributed by atoms with Crippen molar-refractivity contribution in [3.05, 3.63) is 35.4 Å². The zero-order valence-electron chi connectivity index (χ0n) is 14.3. The number of carbonyl (C=O) groups excluding carboxylic acids is 1. The van der Waals surface area contributed by atoms with Crippen molar-refractivity contribution in [2.24, 2.45) is 17.8 Å². The SMILES string of the molecule is C.Cc1ccc(CC2CCN(C3CCC4CCCC3C4)C2=O)cc1. The van der Waals surface area contributed by atoms with Gasteiger partial charge in [-0.2, -0.15) is 0 Å². The maximum atomic E-state index is 13.0. The van der Waals surface area contributed by atoms with E-state index in [1.54, 1.807) is 0 Å². The van der Waals surface area contributed by atoms with E-state index in [-0.39, 0.29) is 13.3 Å². The first-order chi connectivity index (χ1) is 11.2. The molecule has 1 aliphatic heterocycles. The molecular weight excluding hydrogens is 294 g/mol.